The van der Waals surface area contributed by atoms with E-state index in [0.29, 0.717) is 0 Å². The molecule has 0 fully saturated rings. The van der Waals surface area contributed by atoms with Crippen LogP contribution in [-0.2, 0) is 6.54 Å². The number of ketones is 1. The molecule has 0 spiro atoms. The van der Waals surface area contributed by atoms with Crippen molar-refractivity contribution in [3.05, 3.63) is 35.4 Å². The molecule has 0 aliphatic heterocycles. The molecule has 0 unspecified atom stereocenters. The highest BCUT2D eigenvalue weighted by Gasteiger charge is 2.24. The summed E-state index contributed by atoms with van der Waals surface area (Å²) in [6, 6.07) is 8.11. The zero-order chi connectivity index (χ0) is 14.5. The van der Waals surface area contributed by atoms with E-state index in [2.05, 4.69) is 26.8 Å². The molecule has 0 aromatic heterocycles. The van der Waals surface area contributed by atoms with Crippen LogP contribution in [0.3, 0.4) is 0 Å². The third kappa shape index (κ3) is 3.66. The van der Waals surface area contributed by atoms with E-state index in [1.165, 1.54) is 5.56 Å². The van der Waals surface area contributed by atoms with Gasteiger partial charge in [0.05, 0.1) is 19.6 Å². The molecule has 0 amide bonds. The highest BCUT2D eigenvalue weighted by atomic mass is 16.1. The van der Waals surface area contributed by atoms with Crippen molar-refractivity contribution in [2.75, 3.05) is 19.6 Å². The largest absolute Gasteiger partial charge is 0.321 e. The lowest BCUT2D eigenvalue weighted by molar-refractivity contribution is -0.936. The summed E-state index contributed by atoms with van der Waals surface area (Å²) in [7, 11) is 0. The van der Waals surface area contributed by atoms with Gasteiger partial charge in [0, 0.05) is 17.0 Å². The van der Waals surface area contributed by atoms with Crippen LogP contribution in [0.15, 0.2) is 24.3 Å². The number of quaternary nitrogens is 1. The molecule has 1 aromatic carbocycles. The fourth-order valence-electron chi connectivity index (χ4n) is 2.58. The zero-order valence-electron chi connectivity index (χ0n) is 13.1. The maximum absolute atomic E-state index is 12.3. The van der Waals surface area contributed by atoms with Crippen LogP contribution in [0.5, 0.6) is 0 Å². The molecule has 0 aliphatic rings. The first-order valence-corrected chi connectivity index (χ1v) is 7.46. The minimum absolute atomic E-state index is 0.0629. The summed E-state index contributed by atoms with van der Waals surface area (Å²) in [5.41, 5.74) is 2.11. The second-order valence-corrected chi connectivity index (χ2v) is 5.62. The van der Waals surface area contributed by atoms with E-state index >= 15 is 0 Å². The van der Waals surface area contributed by atoms with Gasteiger partial charge in [-0.3, -0.25) is 4.79 Å². The molecule has 106 valence electrons. The third-order valence-corrected chi connectivity index (χ3v) is 4.33. The Morgan fingerprint density at radius 2 is 1.58 bits per heavy atom. The number of hydrogen-bond acceptors (Lipinski definition) is 1. The average molecular weight is 262 g/mol. The van der Waals surface area contributed by atoms with E-state index in [1.54, 1.807) is 0 Å². The van der Waals surface area contributed by atoms with Crippen molar-refractivity contribution in [1.82, 2.24) is 0 Å². The molecular weight excluding hydrogens is 234 g/mol. The van der Waals surface area contributed by atoms with Gasteiger partial charge in [-0.15, -0.1) is 0 Å². The van der Waals surface area contributed by atoms with E-state index in [1.807, 2.05) is 32.0 Å². The van der Waals surface area contributed by atoms with Gasteiger partial charge in [-0.05, 0) is 20.8 Å². The predicted octanol–water partition coefficient (Wildman–Crippen LogP) is 3.90. The van der Waals surface area contributed by atoms with Crippen molar-refractivity contribution in [3.8, 4) is 0 Å². The number of benzene rings is 1. The fourth-order valence-corrected chi connectivity index (χ4v) is 2.58. The van der Waals surface area contributed by atoms with Crippen LogP contribution in [-0.4, -0.2) is 29.9 Å². The van der Waals surface area contributed by atoms with E-state index in [9.17, 15) is 4.79 Å². The Bertz CT molecular complexity index is 411. The van der Waals surface area contributed by atoms with Crippen LogP contribution >= 0.6 is 0 Å². The second kappa shape index (κ2) is 6.85. The van der Waals surface area contributed by atoms with Crippen molar-refractivity contribution in [2.45, 2.75) is 41.2 Å². The van der Waals surface area contributed by atoms with Crippen molar-refractivity contribution in [1.29, 1.82) is 0 Å². The molecule has 0 radical (unpaired) electrons. The smallest absolute Gasteiger partial charge is 0.165 e. The fraction of sp³-hybridized carbons (Fsp3) is 0.588. The Kier molecular flexibility index (Phi) is 5.74. The van der Waals surface area contributed by atoms with E-state index in [4.69, 9.17) is 0 Å². The van der Waals surface area contributed by atoms with Crippen LogP contribution in [0.25, 0.3) is 0 Å². The first-order valence-electron chi connectivity index (χ1n) is 7.46. The standard InChI is InChI=1S/C17H28NO/c1-6-18(7-2,8-3)13-15-11-9-10-12-16(15)17(19)14(4)5/h9-12,14H,6-8,13H2,1-5H3/q+1. The lowest BCUT2D eigenvalue weighted by Crippen LogP contribution is -2.46. The highest BCUT2D eigenvalue weighted by molar-refractivity contribution is 5.98. The zero-order valence-corrected chi connectivity index (χ0v) is 13.1. The molecular formula is C17H28NO+. The number of carbonyl (C=O) groups excluding carboxylic acids is 1. The van der Waals surface area contributed by atoms with Gasteiger partial charge in [-0.1, -0.05) is 38.1 Å². The lowest BCUT2D eigenvalue weighted by atomic mass is 9.95. The SMILES string of the molecule is CC[N+](CC)(CC)Cc1ccccc1C(=O)C(C)C. The molecule has 1 rings (SSSR count). The van der Waals surface area contributed by atoms with Crippen LogP contribution in [0.2, 0.25) is 0 Å². The minimum Gasteiger partial charge on any atom is -0.321 e. The van der Waals surface area contributed by atoms with Crippen LogP contribution in [0, 0.1) is 5.92 Å². The molecule has 0 saturated carbocycles. The van der Waals surface area contributed by atoms with Crippen molar-refractivity contribution in [3.63, 3.8) is 0 Å². The third-order valence-electron chi connectivity index (χ3n) is 4.33. The van der Waals surface area contributed by atoms with Gasteiger partial charge < -0.3 is 4.48 Å². The Morgan fingerprint density at radius 1 is 1.05 bits per heavy atom. The molecule has 0 atom stereocenters. The number of hydrogen-bond donors (Lipinski definition) is 0. The van der Waals surface area contributed by atoms with Crippen LogP contribution in [0.4, 0.5) is 0 Å². The van der Waals surface area contributed by atoms with Crippen LogP contribution < -0.4 is 0 Å². The molecule has 0 heterocycles. The van der Waals surface area contributed by atoms with Gasteiger partial charge in [-0.2, -0.15) is 0 Å². The summed E-state index contributed by atoms with van der Waals surface area (Å²) in [5, 5.41) is 0. The Hall–Kier alpha value is -1.15. The summed E-state index contributed by atoms with van der Waals surface area (Å²) in [6.07, 6.45) is 0. The van der Waals surface area contributed by atoms with Crippen molar-refractivity contribution < 1.29 is 9.28 Å². The molecule has 2 heteroatoms. The monoisotopic (exact) mass is 262 g/mol. The Balaban J connectivity index is 3.11. The quantitative estimate of drug-likeness (QED) is 0.538. The van der Waals surface area contributed by atoms with Gasteiger partial charge in [0.2, 0.25) is 0 Å². The van der Waals surface area contributed by atoms with Gasteiger partial charge >= 0.3 is 0 Å². The summed E-state index contributed by atoms with van der Waals surface area (Å²) < 4.78 is 1.04. The number of rotatable bonds is 7. The first-order chi connectivity index (χ1) is 8.99. The predicted molar refractivity (Wildman–Crippen MR) is 81.2 cm³/mol. The first kappa shape index (κ1) is 15.9. The highest BCUT2D eigenvalue weighted by Crippen LogP contribution is 2.20. The normalized spacial score (nSPS) is 11.9. The number of nitrogens with zero attached hydrogens (tertiary/aromatic N) is 1. The van der Waals surface area contributed by atoms with Gasteiger partial charge in [0.25, 0.3) is 0 Å². The molecule has 0 bridgehead atoms. The van der Waals surface area contributed by atoms with Gasteiger partial charge in [0.15, 0.2) is 5.78 Å². The molecule has 0 aliphatic carbocycles. The van der Waals surface area contributed by atoms with E-state index < -0.39 is 0 Å². The van der Waals surface area contributed by atoms with Gasteiger partial charge in [0.1, 0.15) is 6.54 Å². The topological polar surface area (TPSA) is 17.1 Å². The second-order valence-electron chi connectivity index (χ2n) is 5.62. The van der Waals surface area contributed by atoms with Crippen molar-refractivity contribution >= 4 is 5.78 Å². The summed E-state index contributed by atoms with van der Waals surface area (Å²) in [5.74, 6) is 0.324. The van der Waals surface area contributed by atoms with Crippen LogP contribution in [0.1, 0.15) is 50.5 Å². The molecule has 0 N–H and O–H groups in total. The summed E-state index contributed by atoms with van der Waals surface area (Å²) in [6.45, 7) is 14.9. The Labute approximate surface area is 118 Å². The molecule has 0 saturated heterocycles. The minimum atomic E-state index is 0.0629. The maximum Gasteiger partial charge on any atom is 0.165 e. The Morgan fingerprint density at radius 3 is 2.05 bits per heavy atom. The van der Waals surface area contributed by atoms with E-state index in [-0.39, 0.29) is 11.7 Å². The summed E-state index contributed by atoms with van der Waals surface area (Å²) >= 11 is 0. The average Bonchev–Trinajstić information content (AvgIpc) is 2.44. The summed E-state index contributed by atoms with van der Waals surface area (Å²) in [4.78, 5) is 12.3. The lowest BCUT2D eigenvalue weighted by Gasteiger charge is -2.36. The molecule has 2 nitrogen and oxygen atoms in total. The molecule has 1 aromatic rings. The van der Waals surface area contributed by atoms with Gasteiger partial charge in [-0.25, -0.2) is 0 Å². The number of Topliss-reactive ketones (excluding diaryl/α,β-unsaturated/α-hetero) is 1. The number of carbonyl (C=O) groups is 1. The van der Waals surface area contributed by atoms with E-state index in [0.717, 1.165) is 36.2 Å². The maximum atomic E-state index is 12.3. The molecule has 19 heavy (non-hydrogen) atoms. The van der Waals surface area contributed by atoms with Crippen molar-refractivity contribution in [2.24, 2.45) is 5.92 Å².